The Bertz CT molecular complexity index is 822. The lowest BCUT2D eigenvalue weighted by atomic mass is 10.2. The Hall–Kier alpha value is -3.00. The first-order chi connectivity index (χ1) is 12.4. The summed E-state index contributed by atoms with van der Waals surface area (Å²) < 4.78 is 5.46. The van der Waals surface area contributed by atoms with E-state index in [-0.39, 0.29) is 16.5 Å². The van der Waals surface area contributed by atoms with Gasteiger partial charge in [0.15, 0.2) is 5.11 Å². The molecule has 0 fully saturated rings. The molecule has 0 saturated heterocycles. The molecule has 2 N–H and O–H groups in total. The number of carbonyl (C=O) groups is 1. The zero-order valence-electron chi connectivity index (χ0n) is 14.4. The van der Waals surface area contributed by atoms with E-state index in [0.717, 1.165) is 12.0 Å². The number of amides is 1. The lowest BCUT2D eigenvalue weighted by molar-refractivity contribution is -0.383. The van der Waals surface area contributed by atoms with Gasteiger partial charge in [-0.1, -0.05) is 13.0 Å². The number of anilines is 1. The minimum Gasteiger partial charge on any atom is -0.494 e. The summed E-state index contributed by atoms with van der Waals surface area (Å²) in [6, 6.07) is 11.3. The highest BCUT2D eigenvalue weighted by Crippen LogP contribution is 2.25. The molecular formula is C18H19N3O4S. The van der Waals surface area contributed by atoms with Crippen LogP contribution in [-0.2, 0) is 0 Å². The minimum absolute atomic E-state index is 0.0201. The van der Waals surface area contributed by atoms with Gasteiger partial charge in [-0.3, -0.25) is 20.2 Å². The maximum atomic E-state index is 12.2. The fourth-order valence-electron chi connectivity index (χ4n) is 2.15. The topological polar surface area (TPSA) is 93.5 Å². The Kier molecular flexibility index (Phi) is 6.62. The number of ether oxygens (including phenoxy) is 1. The molecule has 0 unspecified atom stereocenters. The molecule has 0 aliphatic carbocycles. The second-order valence-corrected chi connectivity index (χ2v) is 5.97. The molecule has 1 amide bonds. The van der Waals surface area contributed by atoms with E-state index in [0.29, 0.717) is 17.9 Å². The molecule has 0 radical (unpaired) electrons. The SMILES string of the molecule is CCCOc1ccc(C(=O)NC(=S)Nc2ccc(C)cc2[N+](=O)[O-])cc1. The maximum absolute atomic E-state index is 12.2. The third kappa shape index (κ3) is 5.25. The number of rotatable bonds is 6. The molecule has 0 atom stereocenters. The van der Waals surface area contributed by atoms with Crippen molar-refractivity contribution < 1.29 is 14.5 Å². The molecule has 0 bridgehead atoms. The molecule has 0 spiro atoms. The van der Waals surface area contributed by atoms with Gasteiger partial charge in [-0.05, 0) is 61.5 Å². The van der Waals surface area contributed by atoms with Crippen LogP contribution in [-0.4, -0.2) is 22.5 Å². The first kappa shape index (κ1) is 19.3. The number of hydrogen-bond donors (Lipinski definition) is 2. The van der Waals surface area contributed by atoms with Gasteiger partial charge in [0.2, 0.25) is 0 Å². The quantitative estimate of drug-likeness (QED) is 0.454. The lowest BCUT2D eigenvalue weighted by Gasteiger charge is -2.11. The summed E-state index contributed by atoms with van der Waals surface area (Å²) in [7, 11) is 0. The summed E-state index contributed by atoms with van der Waals surface area (Å²) in [6.07, 6.45) is 0.896. The van der Waals surface area contributed by atoms with E-state index < -0.39 is 10.8 Å². The molecule has 0 aliphatic heterocycles. The molecular weight excluding hydrogens is 354 g/mol. The number of hydrogen-bond acceptors (Lipinski definition) is 5. The van der Waals surface area contributed by atoms with Crippen LogP contribution in [0.3, 0.4) is 0 Å². The second kappa shape index (κ2) is 8.91. The van der Waals surface area contributed by atoms with Crippen LogP contribution in [0.4, 0.5) is 11.4 Å². The highest BCUT2D eigenvalue weighted by molar-refractivity contribution is 7.80. The van der Waals surface area contributed by atoms with E-state index in [1.54, 1.807) is 43.3 Å². The number of nitrogens with one attached hydrogen (secondary N) is 2. The summed E-state index contributed by atoms with van der Waals surface area (Å²) in [5, 5.41) is 16.3. The molecule has 7 nitrogen and oxygen atoms in total. The largest absolute Gasteiger partial charge is 0.494 e. The predicted molar refractivity (Wildman–Crippen MR) is 104 cm³/mol. The molecule has 0 aromatic heterocycles. The smallest absolute Gasteiger partial charge is 0.292 e. The van der Waals surface area contributed by atoms with Crippen molar-refractivity contribution in [2.24, 2.45) is 0 Å². The van der Waals surface area contributed by atoms with Gasteiger partial charge in [0.05, 0.1) is 11.5 Å². The average molecular weight is 373 g/mol. The average Bonchev–Trinajstić information content (AvgIpc) is 2.61. The van der Waals surface area contributed by atoms with E-state index in [1.807, 2.05) is 6.92 Å². The van der Waals surface area contributed by atoms with Gasteiger partial charge in [0.25, 0.3) is 11.6 Å². The van der Waals surface area contributed by atoms with Crippen LogP contribution < -0.4 is 15.4 Å². The third-order valence-corrected chi connectivity index (χ3v) is 3.62. The highest BCUT2D eigenvalue weighted by atomic mass is 32.1. The summed E-state index contributed by atoms with van der Waals surface area (Å²) in [5.41, 5.74) is 1.26. The van der Waals surface area contributed by atoms with Gasteiger partial charge in [0.1, 0.15) is 11.4 Å². The first-order valence-electron chi connectivity index (χ1n) is 8.01. The van der Waals surface area contributed by atoms with Crippen molar-refractivity contribution in [3.63, 3.8) is 0 Å². The van der Waals surface area contributed by atoms with Crippen molar-refractivity contribution in [1.29, 1.82) is 0 Å². The summed E-state index contributed by atoms with van der Waals surface area (Å²) in [4.78, 5) is 22.9. The summed E-state index contributed by atoms with van der Waals surface area (Å²) in [6.45, 7) is 4.37. The molecule has 2 aromatic carbocycles. The van der Waals surface area contributed by atoms with Crippen LogP contribution in [0.25, 0.3) is 0 Å². The number of nitro groups is 1. The van der Waals surface area contributed by atoms with Gasteiger partial charge in [-0.25, -0.2) is 0 Å². The minimum atomic E-state index is -0.505. The molecule has 26 heavy (non-hydrogen) atoms. The fourth-order valence-corrected chi connectivity index (χ4v) is 2.35. The molecule has 2 rings (SSSR count). The maximum Gasteiger partial charge on any atom is 0.292 e. The number of nitrogens with zero attached hydrogens (tertiary/aromatic N) is 1. The Balaban J connectivity index is 2.01. The van der Waals surface area contributed by atoms with Crippen molar-refractivity contribution in [3.8, 4) is 5.75 Å². The van der Waals surface area contributed by atoms with Crippen LogP contribution in [0.15, 0.2) is 42.5 Å². The Labute approximate surface area is 156 Å². The Morgan fingerprint density at radius 2 is 1.92 bits per heavy atom. The van der Waals surface area contributed by atoms with E-state index in [1.165, 1.54) is 6.07 Å². The number of carbonyl (C=O) groups excluding carboxylic acids is 1. The van der Waals surface area contributed by atoms with Crippen LogP contribution in [0.1, 0.15) is 29.3 Å². The number of aryl methyl sites for hydroxylation is 1. The normalized spacial score (nSPS) is 10.1. The van der Waals surface area contributed by atoms with E-state index in [2.05, 4.69) is 10.6 Å². The van der Waals surface area contributed by atoms with E-state index in [4.69, 9.17) is 17.0 Å². The zero-order chi connectivity index (χ0) is 19.1. The van der Waals surface area contributed by atoms with Gasteiger partial charge >= 0.3 is 0 Å². The summed E-state index contributed by atoms with van der Waals surface area (Å²) >= 11 is 5.08. The van der Waals surface area contributed by atoms with E-state index >= 15 is 0 Å². The van der Waals surface area contributed by atoms with Gasteiger partial charge < -0.3 is 10.1 Å². The first-order valence-corrected chi connectivity index (χ1v) is 8.41. The molecule has 8 heteroatoms. The zero-order valence-corrected chi connectivity index (χ0v) is 15.3. The lowest BCUT2D eigenvalue weighted by Crippen LogP contribution is -2.34. The fraction of sp³-hybridized carbons (Fsp3) is 0.222. The molecule has 0 aliphatic rings. The highest BCUT2D eigenvalue weighted by Gasteiger charge is 2.16. The molecule has 136 valence electrons. The van der Waals surface area contributed by atoms with Crippen LogP contribution in [0.5, 0.6) is 5.75 Å². The predicted octanol–water partition coefficient (Wildman–Crippen LogP) is 3.82. The van der Waals surface area contributed by atoms with Crippen molar-refractivity contribution in [3.05, 3.63) is 63.7 Å². The van der Waals surface area contributed by atoms with Crippen LogP contribution >= 0.6 is 12.2 Å². The van der Waals surface area contributed by atoms with Crippen LogP contribution in [0.2, 0.25) is 0 Å². The second-order valence-electron chi connectivity index (χ2n) is 5.56. The monoisotopic (exact) mass is 373 g/mol. The van der Waals surface area contributed by atoms with Crippen LogP contribution in [0, 0.1) is 17.0 Å². The van der Waals surface area contributed by atoms with Gasteiger partial charge in [0, 0.05) is 11.6 Å². The molecule has 0 saturated carbocycles. The Morgan fingerprint density at radius 3 is 2.54 bits per heavy atom. The van der Waals surface area contributed by atoms with Gasteiger partial charge in [-0.15, -0.1) is 0 Å². The van der Waals surface area contributed by atoms with Crippen molar-refractivity contribution in [2.75, 3.05) is 11.9 Å². The number of nitro benzene ring substituents is 1. The van der Waals surface area contributed by atoms with Crippen molar-refractivity contribution in [2.45, 2.75) is 20.3 Å². The molecule has 2 aromatic rings. The number of benzene rings is 2. The van der Waals surface area contributed by atoms with Crippen molar-refractivity contribution >= 4 is 34.6 Å². The Morgan fingerprint density at radius 1 is 1.23 bits per heavy atom. The molecule has 0 heterocycles. The number of thiocarbonyl (C=S) groups is 1. The third-order valence-electron chi connectivity index (χ3n) is 3.41. The summed E-state index contributed by atoms with van der Waals surface area (Å²) in [5.74, 6) is 0.263. The van der Waals surface area contributed by atoms with Crippen molar-refractivity contribution in [1.82, 2.24) is 5.32 Å². The standard InChI is InChI=1S/C18H19N3O4S/c1-3-10-25-14-7-5-13(6-8-14)17(22)20-18(26)19-15-9-4-12(2)11-16(15)21(23)24/h4-9,11H,3,10H2,1-2H3,(H2,19,20,22,26). The van der Waals surface area contributed by atoms with Gasteiger partial charge in [-0.2, -0.15) is 0 Å². The van der Waals surface area contributed by atoms with E-state index in [9.17, 15) is 14.9 Å².